The van der Waals surface area contributed by atoms with Crippen LogP contribution in [-0.4, -0.2) is 19.2 Å². The standard InChI is InChI=1S/C13H19NO/c1-3-13(8-9-14-13)10-11-6-4-5-7-12(11)15-2/h4-7,14H,3,8-10H2,1-2H3. The van der Waals surface area contributed by atoms with Crippen LogP contribution in [-0.2, 0) is 6.42 Å². The number of hydrogen-bond donors (Lipinski definition) is 1. The molecular formula is C13H19NO. The Kier molecular flexibility index (Phi) is 2.96. The largest absolute Gasteiger partial charge is 0.496 e. The lowest BCUT2D eigenvalue weighted by molar-refractivity contribution is 0.196. The molecule has 82 valence electrons. The maximum atomic E-state index is 5.38. The van der Waals surface area contributed by atoms with Gasteiger partial charge in [-0.2, -0.15) is 0 Å². The quantitative estimate of drug-likeness (QED) is 0.815. The molecule has 1 atom stereocenters. The minimum atomic E-state index is 0.328. The summed E-state index contributed by atoms with van der Waals surface area (Å²) in [5, 5.41) is 3.55. The van der Waals surface area contributed by atoms with E-state index < -0.39 is 0 Å². The lowest BCUT2D eigenvalue weighted by atomic mass is 9.79. The zero-order chi connectivity index (χ0) is 10.7. The van der Waals surface area contributed by atoms with E-state index in [1.807, 2.05) is 12.1 Å². The van der Waals surface area contributed by atoms with E-state index in [0.29, 0.717) is 5.54 Å². The zero-order valence-electron chi connectivity index (χ0n) is 9.55. The summed E-state index contributed by atoms with van der Waals surface area (Å²) in [7, 11) is 1.74. The fourth-order valence-electron chi connectivity index (χ4n) is 2.27. The van der Waals surface area contributed by atoms with Crippen LogP contribution < -0.4 is 10.1 Å². The number of rotatable bonds is 4. The van der Waals surface area contributed by atoms with Crippen molar-refractivity contribution in [1.29, 1.82) is 0 Å². The number of hydrogen-bond acceptors (Lipinski definition) is 2. The van der Waals surface area contributed by atoms with E-state index in [4.69, 9.17) is 4.74 Å². The molecule has 0 amide bonds. The average Bonchev–Trinajstić information content (AvgIpc) is 2.24. The SMILES string of the molecule is CCC1(Cc2ccccc2OC)CCN1. The number of nitrogens with one attached hydrogen (secondary N) is 1. The first-order chi connectivity index (χ1) is 7.29. The van der Waals surface area contributed by atoms with E-state index in [0.717, 1.165) is 18.7 Å². The highest BCUT2D eigenvalue weighted by molar-refractivity contribution is 5.35. The number of benzene rings is 1. The van der Waals surface area contributed by atoms with Gasteiger partial charge in [-0.1, -0.05) is 25.1 Å². The zero-order valence-corrected chi connectivity index (χ0v) is 9.55. The smallest absolute Gasteiger partial charge is 0.122 e. The predicted molar refractivity (Wildman–Crippen MR) is 62.3 cm³/mol. The van der Waals surface area contributed by atoms with Crippen LogP contribution in [0, 0.1) is 0 Å². The van der Waals surface area contributed by atoms with Crippen LogP contribution in [0.5, 0.6) is 5.75 Å². The van der Waals surface area contributed by atoms with Gasteiger partial charge in [0.05, 0.1) is 7.11 Å². The summed E-state index contributed by atoms with van der Waals surface area (Å²) in [6.45, 7) is 3.41. The van der Waals surface area contributed by atoms with Gasteiger partial charge in [0.1, 0.15) is 5.75 Å². The van der Waals surface area contributed by atoms with Crippen molar-refractivity contribution in [3.8, 4) is 5.75 Å². The van der Waals surface area contributed by atoms with Gasteiger partial charge in [0, 0.05) is 5.54 Å². The molecule has 2 nitrogen and oxygen atoms in total. The molecule has 2 heteroatoms. The molecule has 1 heterocycles. The number of para-hydroxylation sites is 1. The van der Waals surface area contributed by atoms with Crippen LogP contribution in [0.25, 0.3) is 0 Å². The van der Waals surface area contributed by atoms with Gasteiger partial charge in [0.15, 0.2) is 0 Å². The summed E-state index contributed by atoms with van der Waals surface area (Å²) in [6.07, 6.45) is 3.54. The number of methoxy groups -OCH3 is 1. The fraction of sp³-hybridized carbons (Fsp3) is 0.538. The normalized spacial score (nSPS) is 24.7. The Bertz CT molecular complexity index is 326. The van der Waals surface area contributed by atoms with E-state index in [-0.39, 0.29) is 0 Å². The van der Waals surface area contributed by atoms with Crippen LogP contribution in [0.15, 0.2) is 24.3 Å². The van der Waals surface area contributed by atoms with Gasteiger partial charge in [-0.05, 0) is 37.4 Å². The van der Waals surface area contributed by atoms with Gasteiger partial charge in [0.2, 0.25) is 0 Å². The fourth-order valence-corrected chi connectivity index (χ4v) is 2.27. The summed E-state index contributed by atoms with van der Waals surface area (Å²) >= 11 is 0. The van der Waals surface area contributed by atoms with Crippen molar-refractivity contribution in [2.75, 3.05) is 13.7 Å². The minimum Gasteiger partial charge on any atom is -0.496 e. The molecule has 0 saturated carbocycles. The Morgan fingerprint density at radius 3 is 2.67 bits per heavy atom. The molecule has 0 radical (unpaired) electrons. The van der Waals surface area contributed by atoms with Gasteiger partial charge in [-0.3, -0.25) is 0 Å². The Balaban J connectivity index is 2.15. The molecule has 0 aliphatic carbocycles. The third-order valence-corrected chi connectivity index (χ3v) is 3.50. The molecule has 1 aliphatic rings. The summed E-state index contributed by atoms with van der Waals surface area (Å²) in [5.41, 5.74) is 1.64. The molecule has 1 aliphatic heterocycles. The molecule has 1 N–H and O–H groups in total. The highest BCUT2D eigenvalue weighted by Gasteiger charge is 2.34. The van der Waals surface area contributed by atoms with Crippen LogP contribution in [0.2, 0.25) is 0 Å². The van der Waals surface area contributed by atoms with Crippen molar-refractivity contribution in [1.82, 2.24) is 5.32 Å². The van der Waals surface area contributed by atoms with Crippen LogP contribution in [0.1, 0.15) is 25.3 Å². The summed E-state index contributed by atoms with van der Waals surface area (Å²) < 4.78 is 5.38. The Morgan fingerprint density at radius 1 is 1.40 bits per heavy atom. The van der Waals surface area contributed by atoms with E-state index in [2.05, 4.69) is 24.4 Å². The van der Waals surface area contributed by atoms with Crippen molar-refractivity contribution < 1.29 is 4.74 Å². The second-order valence-corrected chi connectivity index (χ2v) is 4.30. The Morgan fingerprint density at radius 2 is 2.13 bits per heavy atom. The number of ether oxygens (including phenoxy) is 1. The second-order valence-electron chi connectivity index (χ2n) is 4.30. The van der Waals surface area contributed by atoms with Crippen LogP contribution >= 0.6 is 0 Å². The first-order valence-electron chi connectivity index (χ1n) is 5.66. The van der Waals surface area contributed by atoms with Crippen molar-refractivity contribution in [3.63, 3.8) is 0 Å². The van der Waals surface area contributed by atoms with Crippen LogP contribution in [0.4, 0.5) is 0 Å². The van der Waals surface area contributed by atoms with Crippen LogP contribution in [0.3, 0.4) is 0 Å². The summed E-state index contributed by atoms with van der Waals surface area (Å²) in [6, 6.07) is 8.31. The van der Waals surface area contributed by atoms with E-state index >= 15 is 0 Å². The summed E-state index contributed by atoms with van der Waals surface area (Å²) in [5.74, 6) is 1.01. The first kappa shape index (κ1) is 10.5. The molecule has 0 aromatic heterocycles. The highest BCUT2D eigenvalue weighted by Crippen LogP contribution is 2.30. The second kappa shape index (κ2) is 4.23. The van der Waals surface area contributed by atoms with Crippen molar-refractivity contribution in [2.45, 2.75) is 31.7 Å². The van der Waals surface area contributed by atoms with Crippen molar-refractivity contribution >= 4 is 0 Å². The molecule has 0 bridgehead atoms. The predicted octanol–water partition coefficient (Wildman–Crippen LogP) is 2.38. The van der Waals surface area contributed by atoms with Crippen molar-refractivity contribution in [3.05, 3.63) is 29.8 Å². The Labute approximate surface area is 91.6 Å². The average molecular weight is 205 g/mol. The molecule has 1 unspecified atom stereocenters. The molecular weight excluding hydrogens is 186 g/mol. The lowest BCUT2D eigenvalue weighted by Gasteiger charge is -2.43. The van der Waals surface area contributed by atoms with Gasteiger partial charge in [-0.15, -0.1) is 0 Å². The van der Waals surface area contributed by atoms with Crippen molar-refractivity contribution in [2.24, 2.45) is 0 Å². The molecule has 1 saturated heterocycles. The van der Waals surface area contributed by atoms with Gasteiger partial charge < -0.3 is 10.1 Å². The van der Waals surface area contributed by atoms with E-state index in [1.54, 1.807) is 7.11 Å². The van der Waals surface area contributed by atoms with Gasteiger partial charge in [0.25, 0.3) is 0 Å². The highest BCUT2D eigenvalue weighted by atomic mass is 16.5. The topological polar surface area (TPSA) is 21.3 Å². The third-order valence-electron chi connectivity index (χ3n) is 3.50. The van der Waals surface area contributed by atoms with E-state index in [9.17, 15) is 0 Å². The molecule has 1 fully saturated rings. The third kappa shape index (κ3) is 2.00. The first-order valence-corrected chi connectivity index (χ1v) is 5.66. The van der Waals surface area contributed by atoms with Gasteiger partial charge >= 0.3 is 0 Å². The minimum absolute atomic E-state index is 0.328. The monoisotopic (exact) mass is 205 g/mol. The van der Waals surface area contributed by atoms with E-state index in [1.165, 1.54) is 18.4 Å². The molecule has 15 heavy (non-hydrogen) atoms. The molecule has 1 aromatic carbocycles. The molecule has 1 aromatic rings. The maximum absolute atomic E-state index is 5.38. The molecule has 0 spiro atoms. The maximum Gasteiger partial charge on any atom is 0.122 e. The Hall–Kier alpha value is -1.02. The molecule has 2 rings (SSSR count). The van der Waals surface area contributed by atoms with Gasteiger partial charge in [-0.25, -0.2) is 0 Å². The lowest BCUT2D eigenvalue weighted by Crippen LogP contribution is -2.57. The summed E-state index contributed by atoms with van der Waals surface area (Å²) in [4.78, 5) is 0.